The van der Waals surface area contributed by atoms with E-state index in [1.165, 1.54) is 11.4 Å². The lowest BCUT2D eigenvalue weighted by atomic mass is 10.1. The van der Waals surface area contributed by atoms with E-state index < -0.39 is 10.0 Å². The maximum absolute atomic E-state index is 12.9. The van der Waals surface area contributed by atoms with Crippen LogP contribution in [0.15, 0.2) is 77.7 Å². The van der Waals surface area contributed by atoms with Crippen LogP contribution in [0, 0.1) is 13.8 Å². The first-order chi connectivity index (χ1) is 13.3. The van der Waals surface area contributed by atoms with Gasteiger partial charge in [-0.2, -0.15) is 0 Å². The standard InChI is InChI=1S/C22H22N2O3S/c1-16-7-11-19(12-8-16)23-22(25)18-5-4-6-20(15-18)24(3)28(26,27)21-13-9-17(2)10-14-21/h4-15H,1-3H3,(H,23,25). The molecule has 3 aromatic carbocycles. The second-order valence-corrected chi connectivity index (χ2v) is 8.63. The summed E-state index contributed by atoms with van der Waals surface area (Å²) in [6, 6.07) is 20.7. The zero-order chi connectivity index (χ0) is 20.3. The average Bonchev–Trinajstić information content (AvgIpc) is 2.69. The summed E-state index contributed by atoms with van der Waals surface area (Å²) < 4.78 is 26.9. The zero-order valence-electron chi connectivity index (χ0n) is 16.0. The van der Waals surface area contributed by atoms with Crippen molar-refractivity contribution in [3.8, 4) is 0 Å². The molecule has 144 valence electrons. The Bertz CT molecular complexity index is 1090. The van der Waals surface area contributed by atoms with Crippen LogP contribution in [0.25, 0.3) is 0 Å². The number of amides is 1. The largest absolute Gasteiger partial charge is 0.322 e. The number of anilines is 2. The molecular formula is C22H22N2O3S. The van der Waals surface area contributed by atoms with Gasteiger partial charge < -0.3 is 5.32 Å². The highest BCUT2D eigenvalue weighted by Gasteiger charge is 2.21. The van der Waals surface area contributed by atoms with Gasteiger partial charge in [0.2, 0.25) is 0 Å². The van der Waals surface area contributed by atoms with Crippen molar-refractivity contribution in [1.29, 1.82) is 0 Å². The predicted octanol–water partition coefficient (Wildman–Crippen LogP) is 4.38. The second kappa shape index (κ2) is 7.86. The summed E-state index contributed by atoms with van der Waals surface area (Å²) in [7, 11) is -2.23. The highest BCUT2D eigenvalue weighted by molar-refractivity contribution is 7.92. The molecule has 3 rings (SSSR count). The fourth-order valence-electron chi connectivity index (χ4n) is 2.69. The van der Waals surface area contributed by atoms with Crippen LogP contribution in [0.2, 0.25) is 0 Å². The van der Waals surface area contributed by atoms with E-state index in [0.29, 0.717) is 16.9 Å². The van der Waals surface area contributed by atoms with Crippen molar-refractivity contribution in [3.63, 3.8) is 0 Å². The Balaban J connectivity index is 1.84. The minimum Gasteiger partial charge on any atom is -0.322 e. The third-order valence-electron chi connectivity index (χ3n) is 4.46. The van der Waals surface area contributed by atoms with Gasteiger partial charge in [0.05, 0.1) is 10.6 Å². The molecular weight excluding hydrogens is 372 g/mol. The molecule has 28 heavy (non-hydrogen) atoms. The van der Waals surface area contributed by atoms with Gasteiger partial charge in [-0.15, -0.1) is 0 Å². The van der Waals surface area contributed by atoms with Gasteiger partial charge in [0.15, 0.2) is 0 Å². The van der Waals surface area contributed by atoms with Crippen LogP contribution >= 0.6 is 0 Å². The second-order valence-electron chi connectivity index (χ2n) is 6.66. The molecule has 1 N–H and O–H groups in total. The van der Waals surface area contributed by atoms with Gasteiger partial charge in [-0.3, -0.25) is 9.10 Å². The fraction of sp³-hybridized carbons (Fsp3) is 0.136. The van der Waals surface area contributed by atoms with Crippen molar-refractivity contribution < 1.29 is 13.2 Å². The normalized spacial score (nSPS) is 11.1. The van der Waals surface area contributed by atoms with E-state index in [-0.39, 0.29) is 10.8 Å². The number of benzene rings is 3. The van der Waals surface area contributed by atoms with Crippen LogP contribution in [-0.2, 0) is 10.0 Å². The predicted molar refractivity (Wildman–Crippen MR) is 112 cm³/mol. The Hall–Kier alpha value is -3.12. The van der Waals surface area contributed by atoms with Crippen molar-refractivity contribution in [3.05, 3.63) is 89.5 Å². The Morgan fingerprint density at radius 3 is 2.04 bits per heavy atom. The van der Waals surface area contributed by atoms with Gasteiger partial charge in [0, 0.05) is 18.3 Å². The first kappa shape index (κ1) is 19.6. The molecule has 0 fully saturated rings. The maximum atomic E-state index is 12.9. The van der Waals surface area contributed by atoms with Gasteiger partial charge in [0.25, 0.3) is 15.9 Å². The smallest absolute Gasteiger partial charge is 0.264 e. The molecule has 0 bridgehead atoms. The Labute approximate surface area is 165 Å². The van der Waals surface area contributed by atoms with Gasteiger partial charge in [-0.05, 0) is 56.3 Å². The van der Waals surface area contributed by atoms with E-state index >= 15 is 0 Å². The summed E-state index contributed by atoms with van der Waals surface area (Å²) in [6.45, 7) is 3.87. The zero-order valence-corrected chi connectivity index (χ0v) is 16.8. The topological polar surface area (TPSA) is 66.5 Å². The van der Waals surface area contributed by atoms with E-state index in [1.807, 2.05) is 38.1 Å². The molecule has 0 atom stereocenters. The maximum Gasteiger partial charge on any atom is 0.264 e. The van der Waals surface area contributed by atoms with E-state index in [9.17, 15) is 13.2 Å². The van der Waals surface area contributed by atoms with Crippen molar-refractivity contribution in [2.45, 2.75) is 18.7 Å². The Kier molecular flexibility index (Phi) is 5.51. The van der Waals surface area contributed by atoms with Gasteiger partial charge in [-0.1, -0.05) is 41.5 Å². The highest BCUT2D eigenvalue weighted by atomic mass is 32.2. The van der Waals surface area contributed by atoms with Crippen LogP contribution in [0.4, 0.5) is 11.4 Å². The number of nitrogens with zero attached hydrogens (tertiary/aromatic N) is 1. The lowest BCUT2D eigenvalue weighted by molar-refractivity contribution is 0.102. The number of sulfonamides is 1. The summed E-state index contributed by atoms with van der Waals surface area (Å²) in [4.78, 5) is 12.8. The van der Waals surface area contributed by atoms with Gasteiger partial charge >= 0.3 is 0 Å². The van der Waals surface area contributed by atoms with Crippen molar-refractivity contribution >= 4 is 27.3 Å². The summed E-state index contributed by atoms with van der Waals surface area (Å²) in [6.07, 6.45) is 0. The third-order valence-corrected chi connectivity index (χ3v) is 6.26. The summed E-state index contributed by atoms with van der Waals surface area (Å²) >= 11 is 0. The van der Waals surface area contributed by atoms with Crippen molar-refractivity contribution in [2.75, 3.05) is 16.7 Å². The third kappa shape index (κ3) is 4.23. The van der Waals surface area contributed by atoms with Crippen LogP contribution < -0.4 is 9.62 Å². The van der Waals surface area contributed by atoms with Crippen molar-refractivity contribution in [1.82, 2.24) is 0 Å². The van der Waals surface area contributed by atoms with Crippen LogP contribution in [-0.4, -0.2) is 21.4 Å². The van der Waals surface area contributed by atoms with E-state index in [1.54, 1.807) is 48.5 Å². The van der Waals surface area contributed by atoms with E-state index in [4.69, 9.17) is 0 Å². The minimum atomic E-state index is -3.71. The average molecular weight is 394 g/mol. The molecule has 0 aromatic heterocycles. The molecule has 6 heteroatoms. The molecule has 0 radical (unpaired) electrons. The van der Waals surface area contributed by atoms with Crippen LogP contribution in [0.5, 0.6) is 0 Å². The monoisotopic (exact) mass is 394 g/mol. The number of rotatable bonds is 5. The fourth-order valence-corrected chi connectivity index (χ4v) is 3.88. The summed E-state index contributed by atoms with van der Waals surface area (Å²) in [5.41, 5.74) is 3.56. The number of nitrogens with one attached hydrogen (secondary N) is 1. The number of hydrogen-bond donors (Lipinski definition) is 1. The van der Waals surface area contributed by atoms with Crippen LogP contribution in [0.1, 0.15) is 21.5 Å². The number of carbonyl (C=O) groups excluding carboxylic acids is 1. The SMILES string of the molecule is Cc1ccc(NC(=O)c2cccc(N(C)S(=O)(=O)c3ccc(C)cc3)c2)cc1. The first-order valence-corrected chi connectivity index (χ1v) is 10.2. The van der Waals surface area contributed by atoms with E-state index in [0.717, 1.165) is 11.1 Å². The molecule has 5 nitrogen and oxygen atoms in total. The molecule has 0 saturated carbocycles. The molecule has 0 aliphatic heterocycles. The molecule has 0 unspecified atom stereocenters. The van der Waals surface area contributed by atoms with Crippen molar-refractivity contribution in [2.24, 2.45) is 0 Å². The lowest BCUT2D eigenvalue weighted by Gasteiger charge is -2.20. The number of carbonyl (C=O) groups is 1. The van der Waals surface area contributed by atoms with Crippen LogP contribution in [0.3, 0.4) is 0 Å². The molecule has 1 amide bonds. The van der Waals surface area contributed by atoms with Gasteiger partial charge in [-0.25, -0.2) is 8.42 Å². The highest BCUT2D eigenvalue weighted by Crippen LogP contribution is 2.23. The first-order valence-electron chi connectivity index (χ1n) is 8.81. The quantitative estimate of drug-likeness (QED) is 0.698. The summed E-state index contributed by atoms with van der Waals surface area (Å²) in [5, 5.41) is 2.82. The molecule has 0 aliphatic rings. The summed E-state index contributed by atoms with van der Waals surface area (Å²) in [5.74, 6) is -0.299. The molecule has 0 heterocycles. The minimum absolute atomic E-state index is 0.204. The molecule has 3 aromatic rings. The molecule has 0 saturated heterocycles. The number of hydrogen-bond acceptors (Lipinski definition) is 3. The van der Waals surface area contributed by atoms with Gasteiger partial charge in [0.1, 0.15) is 0 Å². The Morgan fingerprint density at radius 2 is 1.43 bits per heavy atom. The number of aryl methyl sites for hydroxylation is 2. The molecule has 0 aliphatic carbocycles. The lowest BCUT2D eigenvalue weighted by Crippen LogP contribution is -2.26. The van der Waals surface area contributed by atoms with E-state index in [2.05, 4.69) is 5.32 Å². The Morgan fingerprint density at radius 1 is 0.857 bits per heavy atom. The molecule has 0 spiro atoms.